The standard InChI is InChI=1S/C13H18BrFN2/c14-4-5-16-6-8-17(9-7-16)11-12-2-1-3-13(15)10-12/h1-3,10H,4-9,11H2. The molecule has 4 heteroatoms. The number of nitrogens with zero attached hydrogens (tertiary/aromatic N) is 2. The monoisotopic (exact) mass is 300 g/mol. The van der Waals surface area contributed by atoms with Gasteiger partial charge in [0, 0.05) is 44.6 Å². The predicted octanol–water partition coefficient (Wildman–Crippen LogP) is 2.34. The van der Waals surface area contributed by atoms with Gasteiger partial charge in [-0.1, -0.05) is 28.1 Å². The fraction of sp³-hybridized carbons (Fsp3) is 0.538. The first-order valence-electron chi connectivity index (χ1n) is 6.03. The lowest BCUT2D eigenvalue weighted by Gasteiger charge is -2.34. The zero-order valence-corrected chi connectivity index (χ0v) is 11.5. The number of hydrogen-bond donors (Lipinski definition) is 0. The number of alkyl halides is 1. The van der Waals surface area contributed by atoms with Crippen LogP contribution in [0.2, 0.25) is 0 Å². The molecule has 2 nitrogen and oxygen atoms in total. The molecule has 0 amide bonds. The Balaban J connectivity index is 1.82. The molecule has 1 aliphatic rings. The summed E-state index contributed by atoms with van der Waals surface area (Å²) in [4.78, 5) is 4.84. The van der Waals surface area contributed by atoms with Gasteiger partial charge in [-0.3, -0.25) is 9.80 Å². The molecule has 0 N–H and O–H groups in total. The Morgan fingerprint density at radius 2 is 1.82 bits per heavy atom. The van der Waals surface area contributed by atoms with Gasteiger partial charge in [0.25, 0.3) is 0 Å². The van der Waals surface area contributed by atoms with E-state index in [-0.39, 0.29) is 5.82 Å². The predicted molar refractivity (Wildman–Crippen MR) is 71.9 cm³/mol. The molecule has 94 valence electrons. The first kappa shape index (κ1) is 13.0. The molecule has 0 unspecified atom stereocenters. The summed E-state index contributed by atoms with van der Waals surface area (Å²) in [6.07, 6.45) is 0. The Labute approximate surface area is 111 Å². The van der Waals surface area contributed by atoms with Gasteiger partial charge in [0.2, 0.25) is 0 Å². The van der Waals surface area contributed by atoms with Crippen LogP contribution in [0.3, 0.4) is 0 Å². The van der Waals surface area contributed by atoms with Crippen LogP contribution in [0.1, 0.15) is 5.56 Å². The molecule has 0 aliphatic carbocycles. The van der Waals surface area contributed by atoms with Gasteiger partial charge in [0.15, 0.2) is 0 Å². The molecule has 1 aromatic carbocycles. The van der Waals surface area contributed by atoms with Crippen molar-refractivity contribution in [1.82, 2.24) is 9.80 Å². The highest BCUT2D eigenvalue weighted by atomic mass is 79.9. The number of benzene rings is 1. The van der Waals surface area contributed by atoms with E-state index in [2.05, 4.69) is 25.7 Å². The molecule has 1 heterocycles. The number of halogens is 2. The molecule has 0 bridgehead atoms. The van der Waals surface area contributed by atoms with E-state index in [0.717, 1.165) is 50.2 Å². The third-order valence-electron chi connectivity index (χ3n) is 3.16. The molecule has 0 radical (unpaired) electrons. The lowest BCUT2D eigenvalue weighted by molar-refractivity contribution is 0.133. The Hall–Kier alpha value is -0.450. The van der Waals surface area contributed by atoms with Crippen LogP contribution in [0.25, 0.3) is 0 Å². The van der Waals surface area contributed by atoms with Crippen molar-refractivity contribution in [1.29, 1.82) is 0 Å². The molecule has 0 saturated carbocycles. The van der Waals surface area contributed by atoms with Crippen LogP contribution in [0.5, 0.6) is 0 Å². The van der Waals surface area contributed by atoms with Crippen molar-refractivity contribution < 1.29 is 4.39 Å². The van der Waals surface area contributed by atoms with Crippen LogP contribution in [0, 0.1) is 5.82 Å². The number of piperazine rings is 1. The van der Waals surface area contributed by atoms with Crippen LogP contribution < -0.4 is 0 Å². The SMILES string of the molecule is Fc1cccc(CN2CCN(CCBr)CC2)c1. The van der Waals surface area contributed by atoms with Gasteiger partial charge in [0.1, 0.15) is 5.82 Å². The molecule has 17 heavy (non-hydrogen) atoms. The van der Waals surface area contributed by atoms with Gasteiger partial charge < -0.3 is 0 Å². The maximum atomic E-state index is 13.1. The molecule has 1 aliphatic heterocycles. The van der Waals surface area contributed by atoms with E-state index in [1.165, 1.54) is 6.07 Å². The van der Waals surface area contributed by atoms with Crippen LogP contribution in [0.4, 0.5) is 4.39 Å². The van der Waals surface area contributed by atoms with Crippen LogP contribution in [0.15, 0.2) is 24.3 Å². The average molecular weight is 301 g/mol. The molecule has 0 spiro atoms. The zero-order chi connectivity index (χ0) is 12.1. The second-order valence-electron chi connectivity index (χ2n) is 4.44. The van der Waals surface area contributed by atoms with E-state index in [0.29, 0.717) is 0 Å². The number of rotatable bonds is 4. The summed E-state index contributed by atoms with van der Waals surface area (Å²) in [5.41, 5.74) is 1.07. The van der Waals surface area contributed by atoms with Gasteiger partial charge >= 0.3 is 0 Å². The quantitative estimate of drug-likeness (QED) is 0.788. The molecular formula is C13H18BrFN2. The van der Waals surface area contributed by atoms with Crippen molar-refractivity contribution in [2.24, 2.45) is 0 Å². The summed E-state index contributed by atoms with van der Waals surface area (Å²) in [5, 5.41) is 1.04. The fourth-order valence-corrected chi connectivity index (χ4v) is 2.69. The second-order valence-corrected chi connectivity index (χ2v) is 5.23. The summed E-state index contributed by atoms with van der Waals surface area (Å²) >= 11 is 3.46. The smallest absolute Gasteiger partial charge is 0.123 e. The van der Waals surface area contributed by atoms with Gasteiger partial charge in [-0.2, -0.15) is 0 Å². The summed E-state index contributed by atoms with van der Waals surface area (Å²) < 4.78 is 13.1. The lowest BCUT2D eigenvalue weighted by Crippen LogP contribution is -2.46. The molecule has 1 aromatic rings. The maximum Gasteiger partial charge on any atom is 0.123 e. The van der Waals surface area contributed by atoms with E-state index in [4.69, 9.17) is 0 Å². The van der Waals surface area contributed by atoms with Gasteiger partial charge in [-0.05, 0) is 17.7 Å². The van der Waals surface area contributed by atoms with Crippen LogP contribution in [-0.2, 0) is 6.54 Å². The van der Waals surface area contributed by atoms with Crippen molar-refractivity contribution in [2.75, 3.05) is 38.1 Å². The third kappa shape index (κ3) is 4.05. The summed E-state index contributed by atoms with van der Waals surface area (Å²) in [7, 11) is 0. The molecular weight excluding hydrogens is 283 g/mol. The van der Waals surface area contributed by atoms with E-state index in [1.807, 2.05) is 6.07 Å². The Kier molecular flexibility index (Phi) is 4.95. The first-order valence-corrected chi connectivity index (χ1v) is 7.15. The minimum atomic E-state index is -0.138. The van der Waals surface area contributed by atoms with Gasteiger partial charge in [0.05, 0.1) is 0 Å². The summed E-state index contributed by atoms with van der Waals surface area (Å²) in [5.74, 6) is -0.138. The van der Waals surface area contributed by atoms with Crippen molar-refractivity contribution >= 4 is 15.9 Å². The Bertz CT molecular complexity index is 351. The Morgan fingerprint density at radius 3 is 2.47 bits per heavy atom. The average Bonchev–Trinajstić information content (AvgIpc) is 2.32. The molecule has 0 atom stereocenters. The molecule has 1 saturated heterocycles. The topological polar surface area (TPSA) is 6.48 Å². The van der Waals surface area contributed by atoms with Crippen molar-refractivity contribution in [3.63, 3.8) is 0 Å². The van der Waals surface area contributed by atoms with Crippen molar-refractivity contribution in [3.05, 3.63) is 35.6 Å². The molecule has 0 aromatic heterocycles. The van der Waals surface area contributed by atoms with E-state index >= 15 is 0 Å². The largest absolute Gasteiger partial charge is 0.300 e. The molecule has 1 fully saturated rings. The first-order chi connectivity index (χ1) is 8.28. The third-order valence-corrected chi connectivity index (χ3v) is 3.52. The van der Waals surface area contributed by atoms with Gasteiger partial charge in [-0.25, -0.2) is 4.39 Å². The molecule has 2 rings (SSSR count). The highest BCUT2D eigenvalue weighted by Gasteiger charge is 2.16. The van der Waals surface area contributed by atoms with Gasteiger partial charge in [-0.15, -0.1) is 0 Å². The minimum absolute atomic E-state index is 0.138. The van der Waals surface area contributed by atoms with Crippen molar-refractivity contribution in [3.8, 4) is 0 Å². The summed E-state index contributed by atoms with van der Waals surface area (Å²) in [6, 6.07) is 6.90. The second kappa shape index (κ2) is 6.47. The number of hydrogen-bond acceptors (Lipinski definition) is 2. The van der Waals surface area contributed by atoms with Crippen LogP contribution in [-0.4, -0.2) is 47.9 Å². The summed E-state index contributed by atoms with van der Waals surface area (Å²) in [6.45, 7) is 6.35. The Morgan fingerprint density at radius 1 is 1.12 bits per heavy atom. The van der Waals surface area contributed by atoms with E-state index < -0.39 is 0 Å². The van der Waals surface area contributed by atoms with E-state index in [1.54, 1.807) is 12.1 Å². The normalized spacial score (nSPS) is 18.5. The fourth-order valence-electron chi connectivity index (χ4n) is 2.18. The van der Waals surface area contributed by atoms with E-state index in [9.17, 15) is 4.39 Å². The highest BCUT2D eigenvalue weighted by molar-refractivity contribution is 9.09. The maximum absolute atomic E-state index is 13.1. The lowest BCUT2D eigenvalue weighted by atomic mass is 10.2. The van der Waals surface area contributed by atoms with Crippen LogP contribution >= 0.6 is 15.9 Å². The van der Waals surface area contributed by atoms with Crippen molar-refractivity contribution in [2.45, 2.75) is 6.54 Å². The zero-order valence-electron chi connectivity index (χ0n) is 9.91. The highest BCUT2D eigenvalue weighted by Crippen LogP contribution is 2.10. The minimum Gasteiger partial charge on any atom is -0.300 e.